The quantitative estimate of drug-likeness (QED) is 0.830. The zero-order chi connectivity index (χ0) is 16.0. The van der Waals surface area contributed by atoms with E-state index < -0.39 is 9.84 Å². The molecule has 2 fully saturated rings. The summed E-state index contributed by atoms with van der Waals surface area (Å²) in [6.07, 6.45) is 4.31. The highest BCUT2D eigenvalue weighted by Gasteiger charge is 2.43. The number of sulfone groups is 1. The Morgan fingerprint density at radius 1 is 1.09 bits per heavy atom. The molecule has 1 saturated carbocycles. The number of fused-ring (bicyclic) bond motifs is 1. The van der Waals surface area contributed by atoms with E-state index in [1.54, 1.807) is 0 Å². The Labute approximate surface area is 137 Å². The molecule has 0 aromatic heterocycles. The monoisotopic (exact) mass is 333 g/mol. The molecule has 1 saturated heterocycles. The molecule has 1 aromatic carbocycles. The predicted molar refractivity (Wildman–Crippen MR) is 88.8 cm³/mol. The van der Waals surface area contributed by atoms with Gasteiger partial charge >= 0.3 is 0 Å². The van der Waals surface area contributed by atoms with Crippen molar-refractivity contribution in [3.63, 3.8) is 0 Å². The molecule has 5 heteroatoms. The first kappa shape index (κ1) is 15.2. The molecule has 3 aliphatic rings. The molecular formula is C18H23NO3S. The van der Waals surface area contributed by atoms with Crippen LogP contribution in [0, 0.1) is 11.8 Å². The van der Waals surface area contributed by atoms with Crippen LogP contribution in [0.3, 0.4) is 0 Å². The van der Waals surface area contributed by atoms with E-state index in [0.29, 0.717) is 18.9 Å². The van der Waals surface area contributed by atoms with Gasteiger partial charge in [0.2, 0.25) is 5.91 Å². The number of hydrogen-bond acceptors (Lipinski definition) is 3. The van der Waals surface area contributed by atoms with Crippen LogP contribution in [-0.2, 0) is 27.5 Å². The van der Waals surface area contributed by atoms with E-state index in [9.17, 15) is 13.2 Å². The molecular weight excluding hydrogens is 310 g/mol. The van der Waals surface area contributed by atoms with Gasteiger partial charge in [0.25, 0.3) is 0 Å². The lowest BCUT2D eigenvalue weighted by atomic mass is 10.0. The van der Waals surface area contributed by atoms with E-state index in [-0.39, 0.29) is 29.4 Å². The zero-order valence-corrected chi connectivity index (χ0v) is 14.1. The smallest absolute Gasteiger partial charge is 0.226 e. The second-order valence-corrected chi connectivity index (χ2v) is 9.51. The maximum absolute atomic E-state index is 13.1. The summed E-state index contributed by atoms with van der Waals surface area (Å²) in [5.41, 5.74) is 2.55. The number of hydrogen-bond donors (Lipinski definition) is 0. The van der Waals surface area contributed by atoms with E-state index in [0.717, 1.165) is 25.7 Å². The van der Waals surface area contributed by atoms with E-state index in [4.69, 9.17) is 0 Å². The molecule has 0 N–H and O–H groups in total. The highest BCUT2D eigenvalue weighted by atomic mass is 32.2. The maximum atomic E-state index is 13.1. The van der Waals surface area contributed by atoms with Crippen LogP contribution in [0.5, 0.6) is 0 Å². The van der Waals surface area contributed by atoms with Crippen molar-refractivity contribution in [2.24, 2.45) is 11.8 Å². The fourth-order valence-electron chi connectivity index (χ4n) is 4.17. The van der Waals surface area contributed by atoms with Crippen LogP contribution >= 0.6 is 0 Å². The van der Waals surface area contributed by atoms with Gasteiger partial charge in [0.15, 0.2) is 9.84 Å². The van der Waals surface area contributed by atoms with Gasteiger partial charge in [-0.1, -0.05) is 24.3 Å². The van der Waals surface area contributed by atoms with Gasteiger partial charge in [-0.15, -0.1) is 0 Å². The Kier molecular flexibility index (Phi) is 3.71. The van der Waals surface area contributed by atoms with Gasteiger partial charge in [0, 0.05) is 18.5 Å². The molecule has 0 spiro atoms. The first-order valence-electron chi connectivity index (χ1n) is 8.61. The van der Waals surface area contributed by atoms with Crippen molar-refractivity contribution in [1.82, 2.24) is 4.90 Å². The summed E-state index contributed by atoms with van der Waals surface area (Å²) >= 11 is 0. The van der Waals surface area contributed by atoms with Crippen LogP contribution in [0.4, 0.5) is 0 Å². The lowest BCUT2D eigenvalue weighted by Crippen LogP contribution is -2.47. The summed E-state index contributed by atoms with van der Waals surface area (Å²) < 4.78 is 24.3. The number of nitrogens with zero attached hydrogens (tertiary/aromatic N) is 1. The number of amides is 1. The van der Waals surface area contributed by atoms with E-state index in [1.165, 1.54) is 11.1 Å². The number of carbonyl (C=O) groups is 1. The van der Waals surface area contributed by atoms with Gasteiger partial charge in [-0.3, -0.25) is 4.79 Å². The average molecular weight is 333 g/mol. The number of carbonyl (C=O) groups excluding carboxylic acids is 1. The van der Waals surface area contributed by atoms with Crippen LogP contribution in [0.25, 0.3) is 0 Å². The third-order valence-electron chi connectivity index (χ3n) is 5.53. The lowest BCUT2D eigenvalue weighted by molar-refractivity contribution is -0.137. The molecule has 4 rings (SSSR count). The van der Waals surface area contributed by atoms with E-state index in [2.05, 4.69) is 12.1 Å². The van der Waals surface area contributed by atoms with Crippen molar-refractivity contribution in [2.45, 2.75) is 38.1 Å². The van der Waals surface area contributed by atoms with Crippen molar-refractivity contribution in [3.05, 3.63) is 35.4 Å². The largest absolute Gasteiger partial charge is 0.338 e. The fraction of sp³-hybridized carbons (Fsp3) is 0.611. The van der Waals surface area contributed by atoms with Crippen LogP contribution in [-0.4, -0.2) is 43.3 Å². The molecule has 4 nitrogen and oxygen atoms in total. The van der Waals surface area contributed by atoms with E-state index in [1.807, 2.05) is 17.0 Å². The minimum atomic E-state index is -3.01. The molecule has 2 aliphatic carbocycles. The van der Waals surface area contributed by atoms with Gasteiger partial charge in [0.05, 0.1) is 11.5 Å². The molecule has 0 bridgehead atoms. The summed E-state index contributed by atoms with van der Waals surface area (Å²) in [7, 11) is -3.01. The highest BCUT2D eigenvalue weighted by Crippen LogP contribution is 2.38. The van der Waals surface area contributed by atoms with Crippen molar-refractivity contribution in [2.75, 3.05) is 18.1 Å². The van der Waals surface area contributed by atoms with E-state index >= 15 is 0 Å². The Balaban J connectivity index is 1.55. The number of rotatable bonds is 2. The normalized spacial score (nSPS) is 27.5. The van der Waals surface area contributed by atoms with Gasteiger partial charge in [-0.05, 0) is 49.1 Å². The summed E-state index contributed by atoms with van der Waals surface area (Å²) in [6, 6.07) is 8.18. The Morgan fingerprint density at radius 2 is 1.74 bits per heavy atom. The second-order valence-electron chi connectivity index (χ2n) is 7.28. The summed E-state index contributed by atoms with van der Waals surface area (Å²) in [5, 5.41) is 0. The highest BCUT2D eigenvalue weighted by molar-refractivity contribution is 7.91. The lowest BCUT2D eigenvalue weighted by Gasteiger charge is -2.32. The molecule has 1 heterocycles. The Morgan fingerprint density at radius 3 is 2.35 bits per heavy atom. The standard InChI is InChI=1S/C18H23NO3S/c20-18(16-10-14-4-1-2-5-15(14)11-16)19-8-3-9-23(21,22)12-17(19)13-6-7-13/h1-2,4-5,13,16-17H,3,6-12H2. The minimum absolute atomic E-state index is 0.00514. The van der Waals surface area contributed by atoms with Gasteiger partial charge in [-0.25, -0.2) is 8.42 Å². The molecule has 1 aliphatic heterocycles. The maximum Gasteiger partial charge on any atom is 0.226 e. The fourth-order valence-corrected chi connectivity index (χ4v) is 5.88. The van der Waals surface area contributed by atoms with Crippen molar-refractivity contribution in [3.8, 4) is 0 Å². The van der Waals surface area contributed by atoms with Crippen molar-refractivity contribution < 1.29 is 13.2 Å². The molecule has 0 radical (unpaired) electrons. The predicted octanol–water partition coefficient (Wildman–Crippen LogP) is 1.83. The second kappa shape index (κ2) is 5.62. The molecule has 1 amide bonds. The molecule has 124 valence electrons. The Hall–Kier alpha value is -1.36. The van der Waals surface area contributed by atoms with Crippen molar-refractivity contribution >= 4 is 15.7 Å². The first-order chi connectivity index (χ1) is 11.0. The van der Waals surface area contributed by atoms with Crippen molar-refractivity contribution in [1.29, 1.82) is 0 Å². The average Bonchev–Trinajstić information content (AvgIpc) is 3.28. The number of benzene rings is 1. The summed E-state index contributed by atoms with van der Waals surface area (Å²) in [5.74, 6) is 0.966. The third-order valence-corrected chi connectivity index (χ3v) is 7.29. The molecule has 1 atom stereocenters. The topological polar surface area (TPSA) is 54.5 Å². The van der Waals surface area contributed by atoms with Crippen LogP contribution in [0.15, 0.2) is 24.3 Å². The third kappa shape index (κ3) is 3.03. The van der Waals surface area contributed by atoms with Gasteiger partial charge in [0.1, 0.15) is 0 Å². The van der Waals surface area contributed by atoms with Gasteiger partial charge in [-0.2, -0.15) is 0 Å². The van der Waals surface area contributed by atoms with Crippen LogP contribution in [0.2, 0.25) is 0 Å². The molecule has 1 unspecified atom stereocenters. The minimum Gasteiger partial charge on any atom is -0.338 e. The SMILES string of the molecule is O=C(C1Cc2ccccc2C1)N1CCCS(=O)(=O)CC1C1CC1. The Bertz CT molecular complexity index is 699. The molecule has 23 heavy (non-hydrogen) atoms. The summed E-state index contributed by atoms with van der Waals surface area (Å²) in [4.78, 5) is 15.0. The van der Waals surface area contributed by atoms with Crippen LogP contribution in [0.1, 0.15) is 30.4 Å². The zero-order valence-electron chi connectivity index (χ0n) is 13.3. The van der Waals surface area contributed by atoms with Gasteiger partial charge < -0.3 is 4.90 Å². The first-order valence-corrected chi connectivity index (χ1v) is 10.4. The summed E-state index contributed by atoms with van der Waals surface area (Å²) in [6.45, 7) is 0.603. The molecule has 1 aromatic rings. The van der Waals surface area contributed by atoms with Crippen LogP contribution < -0.4 is 0 Å².